The molecule has 20 heavy (non-hydrogen) atoms. The first kappa shape index (κ1) is 13.3. The first-order chi connectivity index (χ1) is 9.66. The van der Waals surface area contributed by atoms with Gasteiger partial charge in [0.25, 0.3) is 5.91 Å². The fraction of sp³-hybridized carbons (Fsp3) is 0.429. The van der Waals surface area contributed by atoms with Crippen molar-refractivity contribution in [1.29, 1.82) is 0 Å². The molecule has 0 N–H and O–H groups in total. The van der Waals surface area contributed by atoms with E-state index in [-0.39, 0.29) is 11.9 Å². The lowest BCUT2D eigenvalue weighted by molar-refractivity contribution is 0.00321. The Labute approximate surface area is 121 Å². The largest absolute Gasteiger partial charge is 0.440 e. The third-order valence-electron chi connectivity index (χ3n) is 3.36. The number of morpholine rings is 1. The van der Waals surface area contributed by atoms with Crippen LogP contribution in [-0.2, 0) is 4.74 Å². The second-order valence-electron chi connectivity index (χ2n) is 4.82. The van der Waals surface area contributed by atoms with E-state index in [1.807, 2.05) is 24.4 Å². The lowest BCUT2D eigenvalue weighted by Gasteiger charge is -2.32. The number of hydrogen-bond acceptors (Lipinski definition) is 5. The number of oxazole rings is 1. The van der Waals surface area contributed by atoms with E-state index in [0.717, 1.165) is 4.88 Å². The average molecular weight is 292 g/mol. The highest BCUT2D eigenvalue weighted by Gasteiger charge is 2.29. The molecule has 0 saturated carbocycles. The second-order valence-corrected chi connectivity index (χ2v) is 5.77. The Morgan fingerprint density at radius 3 is 3.10 bits per heavy atom. The van der Waals surface area contributed by atoms with E-state index in [0.29, 0.717) is 37.1 Å². The van der Waals surface area contributed by atoms with Crippen LogP contribution in [0.5, 0.6) is 0 Å². The highest BCUT2D eigenvalue weighted by Crippen LogP contribution is 2.26. The van der Waals surface area contributed by atoms with Gasteiger partial charge in [0, 0.05) is 6.54 Å². The third-order valence-corrected chi connectivity index (χ3v) is 4.22. The summed E-state index contributed by atoms with van der Waals surface area (Å²) < 4.78 is 11.0. The second kappa shape index (κ2) is 5.38. The normalized spacial score (nSPS) is 19.3. The van der Waals surface area contributed by atoms with E-state index in [2.05, 4.69) is 4.98 Å². The van der Waals surface area contributed by atoms with Gasteiger partial charge in [0.05, 0.1) is 24.1 Å². The van der Waals surface area contributed by atoms with Crippen molar-refractivity contribution in [3.8, 4) is 10.8 Å². The number of hydrogen-bond donors (Lipinski definition) is 0. The summed E-state index contributed by atoms with van der Waals surface area (Å²) >= 11 is 1.54. The smallest absolute Gasteiger partial charge is 0.276 e. The molecule has 1 fully saturated rings. The molecule has 3 heterocycles. The monoisotopic (exact) mass is 292 g/mol. The van der Waals surface area contributed by atoms with Gasteiger partial charge in [-0.2, -0.15) is 0 Å². The predicted octanol–water partition coefficient (Wildman–Crippen LogP) is 2.57. The lowest BCUT2D eigenvalue weighted by atomic mass is 10.2. The summed E-state index contributed by atoms with van der Waals surface area (Å²) in [6.07, 6.45) is 0. The molecule has 1 amide bonds. The van der Waals surface area contributed by atoms with Crippen molar-refractivity contribution in [3.05, 3.63) is 29.0 Å². The number of aromatic nitrogens is 1. The summed E-state index contributed by atoms with van der Waals surface area (Å²) in [5.74, 6) is 1.00. The van der Waals surface area contributed by atoms with Gasteiger partial charge in [0.2, 0.25) is 5.89 Å². The summed E-state index contributed by atoms with van der Waals surface area (Å²) in [6.45, 7) is 5.50. The van der Waals surface area contributed by atoms with Crippen LogP contribution in [-0.4, -0.2) is 41.6 Å². The fourth-order valence-corrected chi connectivity index (χ4v) is 2.91. The number of rotatable bonds is 2. The van der Waals surface area contributed by atoms with E-state index >= 15 is 0 Å². The van der Waals surface area contributed by atoms with Crippen LogP contribution >= 0.6 is 11.3 Å². The molecule has 2 aromatic heterocycles. The van der Waals surface area contributed by atoms with Gasteiger partial charge in [0.1, 0.15) is 5.76 Å². The van der Waals surface area contributed by atoms with Gasteiger partial charge in [-0.05, 0) is 25.3 Å². The number of aryl methyl sites for hydroxylation is 1. The van der Waals surface area contributed by atoms with E-state index in [1.165, 1.54) is 0 Å². The van der Waals surface area contributed by atoms with E-state index < -0.39 is 0 Å². The molecule has 1 unspecified atom stereocenters. The maximum absolute atomic E-state index is 12.6. The van der Waals surface area contributed by atoms with Crippen molar-refractivity contribution in [2.24, 2.45) is 0 Å². The maximum atomic E-state index is 12.6. The Kier molecular flexibility index (Phi) is 3.58. The van der Waals surface area contributed by atoms with E-state index in [1.54, 1.807) is 23.2 Å². The first-order valence-electron chi connectivity index (χ1n) is 6.57. The Hall–Kier alpha value is -1.66. The van der Waals surface area contributed by atoms with Gasteiger partial charge in [-0.15, -0.1) is 11.3 Å². The molecular formula is C14H16N2O3S. The maximum Gasteiger partial charge on any atom is 0.276 e. The molecule has 2 aromatic rings. The summed E-state index contributed by atoms with van der Waals surface area (Å²) in [5.41, 5.74) is 0.405. The minimum absolute atomic E-state index is 0.0672. The van der Waals surface area contributed by atoms with Gasteiger partial charge >= 0.3 is 0 Å². The number of nitrogens with zero attached hydrogens (tertiary/aromatic N) is 2. The zero-order valence-electron chi connectivity index (χ0n) is 11.5. The van der Waals surface area contributed by atoms with Crippen molar-refractivity contribution in [3.63, 3.8) is 0 Å². The first-order valence-corrected chi connectivity index (χ1v) is 7.45. The van der Waals surface area contributed by atoms with E-state index in [9.17, 15) is 4.79 Å². The molecule has 1 atom stereocenters. The van der Waals surface area contributed by atoms with Crippen LogP contribution in [0.25, 0.3) is 10.8 Å². The molecule has 0 aromatic carbocycles. The van der Waals surface area contributed by atoms with Crippen LogP contribution < -0.4 is 0 Å². The SMILES string of the molecule is Cc1oc(-c2cccs2)nc1C(=O)N1CCOCC1C. The minimum Gasteiger partial charge on any atom is -0.440 e. The van der Waals surface area contributed by atoms with Crippen LogP contribution in [0.1, 0.15) is 23.2 Å². The molecule has 0 radical (unpaired) electrons. The van der Waals surface area contributed by atoms with Gasteiger partial charge in [-0.1, -0.05) is 6.07 Å². The summed E-state index contributed by atoms with van der Waals surface area (Å²) in [4.78, 5) is 19.7. The molecule has 1 aliphatic rings. The van der Waals surface area contributed by atoms with Crippen LogP contribution in [0.2, 0.25) is 0 Å². The molecule has 1 saturated heterocycles. The van der Waals surface area contributed by atoms with Crippen molar-refractivity contribution >= 4 is 17.2 Å². The molecule has 1 aliphatic heterocycles. The minimum atomic E-state index is -0.0788. The molecule has 0 bridgehead atoms. The lowest BCUT2D eigenvalue weighted by Crippen LogP contribution is -2.47. The van der Waals surface area contributed by atoms with Gasteiger partial charge < -0.3 is 14.1 Å². The zero-order chi connectivity index (χ0) is 14.1. The Balaban J connectivity index is 1.88. The van der Waals surface area contributed by atoms with Gasteiger partial charge in [-0.25, -0.2) is 4.98 Å². The topological polar surface area (TPSA) is 55.6 Å². The standard InChI is InChI=1S/C14H16N2O3S/c1-9-8-18-6-5-16(9)14(17)12-10(2)19-13(15-12)11-4-3-7-20-11/h3-4,7,9H,5-6,8H2,1-2H3. The average Bonchev–Trinajstić information content (AvgIpc) is 3.07. The molecular weight excluding hydrogens is 276 g/mol. The van der Waals surface area contributed by atoms with Crippen LogP contribution in [0.4, 0.5) is 0 Å². The number of thiophene rings is 1. The van der Waals surface area contributed by atoms with Crippen molar-refractivity contribution in [2.45, 2.75) is 19.9 Å². The molecule has 6 heteroatoms. The van der Waals surface area contributed by atoms with Crippen molar-refractivity contribution < 1.29 is 13.9 Å². The number of amides is 1. The number of ether oxygens (including phenoxy) is 1. The molecule has 5 nitrogen and oxygen atoms in total. The van der Waals surface area contributed by atoms with Crippen LogP contribution in [0.3, 0.4) is 0 Å². The van der Waals surface area contributed by atoms with Crippen LogP contribution in [0.15, 0.2) is 21.9 Å². The summed E-state index contributed by atoms with van der Waals surface area (Å²) in [5, 5.41) is 1.96. The Morgan fingerprint density at radius 2 is 2.40 bits per heavy atom. The van der Waals surface area contributed by atoms with Gasteiger partial charge in [-0.3, -0.25) is 4.79 Å². The quantitative estimate of drug-likeness (QED) is 0.853. The number of carbonyl (C=O) groups excluding carboxylic acids is 1. The zero-order valence-corrected chi connectivity index (χ0v) is 12.3. The Bertz CT molecular complexity index is 606. The third kappa shape index (κ3) is 2.36. The Morgan fingerprint density at radius 1 is 1.55 bits per heavy atom. The molecule has 3 rings (SSSR count). The van der Waals surface area contributed by atoms with E-state index in [4.69, 9.17) is 9.15 Å². The summed E-state index contributed by atoms with van der Waals surface area (Å²) in [6, 6.07) is 3.93. The highest BCUT2D eigenvalue weighted by molar-refractivity contribution is 7.13. The van der Waals surface area contributed by atoms with Crippen LogP contribution in [0, 0.1) is 6.92 Å². The predicted molar refractivity (Wildman–Crippen MR) is 75.9 cm³/mol. The fourth-order valence-electron chi connectivity index (χ4n) is 2.27. The molecule has 106 valence electrons. The highest BCUT2D eigenvalue weighted by atomic mass is 32.1. The number of carbonyl (C=O) groups is 1. The summed E-state index contributed by atoms with van der Waals surface area (Å²) in [7, 11) is 0. The molecule has 0 aliphatic carbocycles. The van der Waals surface area contributed by atoms with Crippen molar-refractivity contribution in [2.75, 3.05) is 19.8 Å². The van der Waals surface area contributed by atoms with Gasteiger partial charge in [0.15, 0.2) is 5.69 Å². The molecule has 0 spiro atoms. The van der Waals surface area contributed by atoms with Crippen molar-refractivity contribution in [1.82, 2.24) is 9.88 Å².